The molecule has 1 amide bonds. The minimum Gasteiger partial charge on any atom is -0.345 e. The van der Waals surface area contributed by atoms with Crippen LogP contribution in [0.5, 0.6) is 0 Å². The molecule has 0 bridgehead atoms. The molecule has 2 aromatic heterocycles. The van der Waals surface area contributed by atoms with E-state index in [1.165, 1.54) is 16.8 Å². The van der Waals surface area contributed by atoms with E-state index >= 15 is 0 Å². The molecule has 1 aliphatic rings. The molecule has 1 unspecified atom stereocenters. The molecule has 10 heteroatoms. The molecule has 1 aliphatic heterocycles. The van der Waals surface area contributed by atoms with Gasteiger partial charge in [-0.2, -0.15) is 9.65 Å². The zero-order valence-corrected chi connectivity index (χ0v) is 15.0. The van der Waals surface area contributed by atoms with Crippen molar-refractivity contribution in [1.82, 2.24) is 14.3 Å². The monoisotopic (exact) mass is 376 g/mol. The highest BCUT2D eigenvalue weighted by Gasteiger charge is 2.29. The maximum Gasteiger partial charge on any atom is 0.272 e. The van der Waals surface area contributed by atoms with Crippen molar-refractivity contribution in [1.29, 1.82) is 10.0 Å². The minimum atomic E-state index is -3.22. The van der Waals surface area contributed by atoms with Gasteiger partial charge in [0, 0.05) is 36.6 Å². The van der Waals surface area contributed by atoms with Gasteiger partial charge in [0.15, 0.2) is 0 Å². The average Bonchev–Trinajstić information content (AvgIpc) is 2.84. The summed E-state index contributed by atoms with van der Waals surface area (Å²) in [6, 6.07) is 3.87. The SMILES string of the molecule is C[C@@H]1CCc2c(cn(C)c2C(=O)Nc2cc(F)nc(C#N)c2)S(=N)(=O)N1. The van der Waals surface area contributed by atoms with Gasteiger partial charge in [-0.05, 0) is 25.8 Å². The Kier molecular flexibility index (Phi) is 4.52. The smallest absolute Gasteiger partial charge is 0.272 e. The molecule has 0 radical (unpaired) electrons. The molecule has 3 N–H and O–H groups in total. The molecule has 0 aromatic carbocycles. The summed E-state index contributed by atoms with van der Waals surface area (Å²) in [5, 5.41) is 11.4. The second-order valence-electron chi connectivity index (χ2n) is 6.17. The number of nitriles is 1. The van der Waals surface area contributed by atoms with Gasteiger partial charge >= 0.3 is 0 Å². The molecular weight excluding hydrogens is 359 g/mol. The summed E-state index contributed by atoms with van der Waals surface area (Å²) in [6.45, 7) is 1.84. The van der Waals surface area contributed by atoms with E-state index in [-0.39, 0.29) is 28.0 Å². The van der Waals surface area contributed by atoms with Crippen LogP contribution in [0.2, 0.25) is 0 Å². The lowest BCUT2D eigenvalue weighted by Gasteiger charge is -2.11. The predicted octanol–water partition coefficient (Wildman–Crippen LogP) is 1.93. The van der Waals surface area contributed by atoms with Crippen LogP contribution in [0.3, 0.4) is 0 Å². The lowest BCUT2D eigenvalue weighted by Crippen LogP contribution is -2.29. The number of nitrogens with one attached hydrogen (secondary N) is 3. The van der Waals surface area contributed by atoms with Gasteiger partial charge in [-0.15, -0.1) is 0 Å². The van der Waals surface area contributed by atoms with Crippen LogP contribution in [-0.4, -0.2) is 25.7 Å². The van der Waals surface area contributed by atoms with Crippen LogP contribution < -0.4 is 10.0 Å². The number of carbonyl (C=O) groups is 1. The van der Waals surface area contributed by atoms with Crippen molar-refractivity contribution in [2.24, 2.45) is 7.05 Å². The maximum atomic E-state index is 13.5. The number of carbonyl (C=O) groups excluding carboxylic acids is 1. The molecular formula is C16H17FN6O2S. The molecule has 3 heterocycles. The fourth-order valence-corrected chi connectivity index (χ4v) is 4.68. The number of fused-ring (bicyclic) bond motifs is 1. The van der Waals surface area contributed by atoms with Crippen LogP contribution in [0.15, 0.2) is 23.2 Å². The Bertz CT molecular complexity index is 1040. The van der Waals surface area contributed by atoms with Gasteiger partial charge in [0.05, 0.1) is 4.90 Å². The van der Waals surface area contributed by atoms with E-state index < -0.39 is 21.8 Å². The molecule has 3 rings (SSSR count). The summed E-state index contributed by atoms with van der Waals surface area (Å²) in [6.07, 6.45) is 2.62. The third kappa shape index (κ3) is 3.31. The van der Waals surface area contributed by atoms with Crippen molar-refractivity contribution in [2.75, 3.05) is 5.32 Å². The van der Waals surface area contributed by atoms with E-state index in [9.17, 15) is 13.4 Å². The van der Waals surface area contributed by atoms with Crippen molar-refractivity contribution in [3.63, 3.8) is 0 Å². The first-order valence-electron chi connectivity index (χ1n) is 7.84. The summed E-state index contributed by atoms with van der Waals surface area (Å²) in [7, 11) is -1.60. The van der Waals surface area contributed by atoms with E-state index in [0.29, 0.717) is 18.4 Å². The molecule has 26 heavy (non-hydrogen) atoms. The fourth-order valence-electron chi connectivity index (χ4n) is 3.02. The zero-order chi connectivity index (χ0) is 19.1. The number of rotatable bonds is 2. The van der Waals surface area contributed by atoms with Gasteiger partial charge < -0.3 is 9.88 Å². The van der Waals surface area contributed by atoms with E-state index in [0.717, 1.165) is 6.07 Å². The lowest BCUT2D eigenvalue weighted by molar-refractivity contribution is 0.101. The highest BCUT2D eigenvalue weighted by molar-refractivity contribution is 7.90. The number of hydrogen-bond donors (Lipinski definition) is 3. The first kappa shape index (κ1) is 18.0. The predicted molar refractivity (Wildman–Crippen MR) is 92.3 cm³/mol. The first-order valence-corrected chi connectivity index (χ1v) is 9.40. The summed E-state index contributed by atoms with van der Waals surface area (Å²) in [5.41, 5.74) is 0.738. The summed E-state index contributed by atoms with van der Waals surface area (Å²) < 4.78 is 38.5. The standard InChI is InChI=1S/C16H17FN6O2S/c1-9-3-4-12-13(26(19,25)22-9)8-23(2)15(12)16(24)21-10-5-11(7-18)20-14(17)6-10/h5-6,8-9H,3-4H2,1-2H3,(H2,19,22,25)(H,20,21,24)/t9-,26?/m1/s1. The van der Waals surface area contributed by atoms with Crippen molar-refractivity contribution < 1.29 is 13.4 Å². The molecule has 0 spiro atoms. The molecule has 0 fully saturated rings. The van der Waals surface area contributed by atoms with Crippen molar-refractivity contribution in [3.05, 3.63) is 41.2 Å². The van der Waals surface area contributed by atoms with Crippen molar-refractivity contribution >= 4 is 21.5 Å². The molecule has 2 atom stereocenters. The van der Waals surface area contributed by atoms with E-state index in [2.05, 4.69) is 15.0 Å². The van der Waals surface area contributed by atoms with E-state index in [1.807, 2.05) is 6.92 Å². The highest BCUT2D eigenvalue weighted by Crippen LogP contribution is 2.28. The maximum absolute atomic E-state index is 13.5. The molecule has 0 aliphatic carbocycles. The topological polar surface area (TPSA) is 124 Å². The zero-order valence-electron chi connectivity index (χ0n) is 14.2. The first-order chi connectivity index (χ1) is 12.2. The largest absolute Gasteiger partial charge is 0.345 e. The summed E-state index contributed by atoms with van der Waals surface area (Å²) in [4.78, 5) is 16.4. The van der Waals surface area contributed by atoms with Gasteiger partial charge in [-0.25, -0.2) is 18.7 Å². The second-order valence-corrected chi connectivity index (χ2v) is 7.96. The van der Waals surface area contributed by atoms with Gasteiger partial charge in [0.2, 0.25) is 5.95 Å². The Balaban J connectivity index is 2.01. The number of pyridine rings is 1. The fraction of sp³-hybridized carbons (Fsp3) is 0.312. The van der Waals surface area contributed by atoms with Gasteiger partial charge in [0.1, 0.15) is 27.4 Å². The number of aryl methyl sites for hydroxylation is 1. The van der Waals surface area contributed by atoms with E-state index in [4.69, 9.17) is 10.0 Å². The third-order valence-corrected chi connectivity index (χ3v) is 5.84. The number of nitrogens with zero attached hydrogens (tertiary/aromatic N) is 3. The normalized spacial score (nSPS) is 22.2. The van der Waals surface area contributed by atoms with Gasteiger partial charge in [-0.3, -0.25) is 4.79 Å². The van der Waals surface area contributed by atoms with Crippen LogP contribution in [0.4, 0.5) is 10.1 Å². The minimum absolute atomic E-state index is 0.0979. The van der Waals surface area contributed by atoms with E-state index in [1.54, 1.807) is 13.1 Å². The molecule has 2 aromatic rings. The van der Waals surface area contributed by atoms with Crippen molar-refractivity contribution in [3.8, 4) is 6.07 Å². The van der Waals surface area contributed by atoms with Gasteiger partial charge in [-0.1, -0.05) is 0 Å². The second kappa shape index (κ2) is 6.51. The number of aromatic nitrogens is 2. The number of anilines is 1. The number of hydrogen-bond acceptors (Lipinski definition) is 5. The Morgan fingerprint density at radius 3 is 3.00 bits per heavy atom. The third-order valence-electron chi connectivity index (χ3n) is 4.13. The van der Waals surface area contributed by atoms with Crippen LogP contribution >= 0.6 is 0 Å². The van der Waals surface area contributed by atoms with Crippen LogP contribution in [0.25, 0.3) is 0 Å². The quantitative estimate of drug-likeness (QED) is 0.693. The highest BCUT2D eigenvalue weighted by atomic mass is 32.2. The Morgan fingerprint density at radius 2 is 2.31 bits per heavy atom. The molecule has 136 valence electrons. The average molecular weight is 376 g/mol. The Morgan fingerprint density at radius 1 is 1.58 bits per heavy atom. The molecule has 8 nitrogen and oxygen atoms in total. The summed E-state index contributed by atoms with van der Waals surface area (Å²) in [5.74, 6) is -1.41. The molecule has 0 saturated carbocycles. The Labute approximate surface area is 150 Å². The Hall–Kier alpha value is -2.77. The van der Waals surface area contributed by atoms with Crippen LogP contribution in [0.1, 0.15) is 35.1 Å². The van der Waals surface area contributed by atoms with Crippen molar-refractivity contribution in [2.45, 2.75) is 30.7 Å². The number of halogens is 1. The summed E-state index contributed by atoms with van der Waals surface area (Å²) >= 11 is 0. The molecule has 0 saturated heterocycles. The van der Waals surface area contributed by atoms with Crippen LogP contribution in [-0.2, 0) is 23.4 Å². The lowest BCUT2D eigenvalue weighted by atomic mass is 10.1. The number of amides is 1. The van der Waals surface area contributed by atoms with Crippen LogP contribution in [0, 0.1) is 22.1 Å². The van der Waals surface area contributed by atoms with Gasteiger partial charge in [0.25, 0.3) is 5.91 Å².